The maximum atomic E-state index is 12.8. The van der Waals surface area contributed by atoms with Gasteiger partial charge in [0.2, 0.25) is 0 Å². The molecule has 1 aliphatic heterocycles. The topological polar surface area (TPSA) is 69.7 Å². The van der Waals surface area contributed by atoms with Crippen LogP contribution in [0, 0.1) is 5.92 Å². The van der Waals surface area contributed by atoms with Crippen LogP contribution in [0.4, 0.5) is 0 Å². The molecule has 0 atom stereocenters. The summed E-state index contributed by atoms with van der Waals surface area (Å²) in [7, 11) is 1.61. The molecule has 1 saturated heterocycles. The highest BCUT2D eigenvalue weighted by atomic mass is 16.5. The summed E-state index contributed by atoms with van der Waals surface area (Å²) in [5, 5.41) is 12.7. The first kappa shape index (κ1) is 15.3. The largest absolute Gasteiger partial charge is 0.550 e. The maximum Gasteiger partial charge on any atom is 0.254 e. The van der Waals surface area contributed by atoms with Crippen molar-refractivity contribution in [3.8, 4) is 5.75 Å². The summed E-state index contributed by atoms with van der Waals surface area (Å²) in [4.78, 5) is 25.4. The number of aliphatic carboxylic acids is 1. The van der Waals surface area contributed by atoms with Crippen LogP contribution in [-0.4, -0.2) is 37.0 Å². The van der Waals surface area contributed by atoms with E-state index < -0.39 is 11.9 Å². The first-order valence-electron chi connectivity index (χ1n) is 7.67. The molecular weight excluding hydrogens is 294 g/mol. The van der Waals surface area contributed by atoms with Gasteiger partial charge in [0.25, 0.3) is 5.91 Å². The highest BCUT2D eigenvalue weighted by Crippen LogP contribution is 2.29. The molecule has 5 nitrogen and oxygen atoms in total. The number of piperidine rings is 1. The normalized spacial score (nSPS) is 15.6. The Kier molecular flexibility index (Phi) is 4.19. The van der Waals surface area contributed by atoms with Crippen LogP contribution in [0.25, 0.3) is 10.8 Å². The van der Waals surface area contributed by atoms with Crippen LogP contribution >= 0.6 is 0 Å². The molecule has 1 fully saturated rings. The van der Waals surface area contributed by atoms with Gasteiger partial charge in [-0.3, -0.25) is 4.79 Å². The highest BCUT2D eigenvalue weighted by molar-refractivity contribution is 6.08. The van der Waals surface area contributed by atoms with Crippen LogP contribution < -0.4 is 9.84 Å². The summed E-state index contributed by atoms with van der Waals surface area (Å²) >= 11 is 0. The lowest BCUT2D eigenvalue weighted by molar-refractivity contribution is -0.312. The number of nitrogens with zero attached hydrogens (tertiary/aromatic N) is 1. The number of likely N-dealkylation sites (tertiary alicyclic amines) is 1. The van der Waals surface area contributed by atoms with Crippen LogP contribution in [0.2, 0.25) is 0 Å². The molecule has 120 valence electrons. The predicted molar refractivity (Wildman–Crippen MR) is 84.1 cm³/mol. The van der Waals surface area contributed by atoms with Gasteiger partial charge in [0.1, 0.15) is 5.75 Å². The average Bonchev–Trinajstić information content (AvgIpc) is 2.60. The Bertz CT molecular complexity index is 748. The Hall–Kier alpha value is -2.56. The van der Waals surface area contributed by atoms with Gasteiger partial charge in [-0.15, -0.1) is 0 Å². The van der Waals surface area contributed by atoms with Crippen molar-refractivity contribution in [3.63, 3.8) is 0 Å². The average molecular weight is 312 g/mol. The lowest BCUT2D eigenvalue weighted by atomic mass is 9.96. The fourth-order valence-corrected chi connectivity index (χ4v) is 3.12. The van der Waals surface area contributed by atoms with Crippen molar-refractivity contribution in [2.75, 3.05) is 20.2 Å². The number of carboxylic acids is 1. The van der Waals surface area contributed by atoms with Crippen LogP contribution in [0.1, 0.15) is 23.2 Å². The Balaban J connectivity index is 1.89. The number of amides is 1. The molecule has 0 bridgehead atoms. The van der Waals surface area contributed by atoms with Gasteiger partial charge < -0.3 is 19.5 Å². The van der Waals surface area contributed by atoms with Gasteiger partial charge in [0, 0.05) is 35.9 Å². The van der Waals surface area contributed by atoms with E-state index in [2.05, 4.69) is 0 Å². The highest BCUT2D eigenvalue weighted by Gasteiger charge is 2.25. The number of carbonyl (C=O) groups excluding carboxylic acids is 2. The lowest BCUT2D eigenvalue weighted by Gasteiger charge is -2.32. The van der Waals surface area contributed by atoms with Crippen molar-refractivity contribution < 1.29 is 19.4 Å². The van der Waals surface area contributed by atoms with Crippen LogP contribution in [-0.2, 0) is 4.79 Å². The molecule has 1 aliphatic rings. The molecule has 1 heterocycles. The van der Waals surface area contributed by atoms with Gasteiger partial charge in [0.15, 0.2) is 0 Å². The van der Waals surface area contributed by atoms with E-state index >= 15 is 0 Å². The van der Waals surface area contributed by atoms with E-state index in [9.17, 15) is 14.7 Å². The molecule has 3 rings (SSSR count). The minimum absolute atomic E-state index is 0.0688. The first-order chi connectivity index (χ1) is 11.1. The molecule has 5 heteroatoms. The number of fused-ring (bicyclic) bond motifs is 1. The molecule has 0 saturated carbocycles. The van der Waals surface area contributed by atoms with Crippen LogP contribution in [0.15, 0.2) is 36.4 Å². The van der Waals surface area contributed by atoms with E-state index in [-0.39, 0.29) is 5.91 Å². The van der Waals surface area contributed by atoms with Gasteiger partial charge >= 0.3 is 0 Å². The fraction of sp³-hybridized carbons (Fsp3) is 0.333. The van der Waals surface area contributed by atoms with Gasteiger partial charge in [-0.1, -0.05) is 24.3 Å². The summed E-state index contributed by atoms with van der Waals surface area (Å²) in [6.07, 6.45) is 0.893. The van der Waals surface area contributed by atoms with Crippen molar-refractivity contribution in [2.24, 2.45) is 5.92 Å². The monoisotopic (exact) mass is 312 g/mol. The Labute approximate surface area is 134 Å². The maximum absolute atomic E-state index is 12.8. The molecule has 0 unspecified atom stereocenters. The molecule has 0 spiro atoms. The van der Waals surface area contributed by atoms with Gasteiger partial charge in [-0.2, -0.15) is 0 Å². The molecule has 23 heavy (non-hydrogen) atoms. The summed E-state index contributed by atoms with van der Waals surface area (Å²) < 4.78 is 5.35. The SMILES string of the molecule is COc1ccc(C(=O)N2CCC(C(=O)[O-])CC2)c2ccccc12. The van der Waals surface area contributed by atoms with Crippen molar-refractivity contribution in [1.82, 2.24) is 4.90 Å². The zero-order valence-electron chi connectivity index (χ0n) is 13.0. The summed E-state index contributed by atoms with van der Waals surface area (Å²) in [5.41, 5.74) is 0.619. The second-order valence-electron chi connectivity index (χ2n) is 5.75. The number of carbonyl (C=O) groups is 2. The summed E-state index contributed by atoms with van der Waals surface area (Å²) in [5.74, 6) is -0.813. The molecule has 1 amide bonds. The van der Waals surface area contributed by atoms with E-state index in [4.69, 9.17) is 4.74 Å². The van der Waals surface area contributed by atoms with Gasteiger partial charge in [-0.05, 0) is 30.4 Å². The van der Waals surface area contributed by atoms with E-state index in [1.54, 1.807) is 24.1 Å². The van der Waals surface area contributed by atoms with E-state index in [0.29, 0.717) is 31.5 Å². The molecule has 0 aliphatic carbocycles. The first-order valence-corrected chi connectivity index (χ1v) is 7.67. The number of hydrogen-bond donors (Lipinski definition) is 0. The fourth-order valence-electron chi connectivity index (χ4n) is 3.12. The van der Waals surface area contributed by atoms with E-state index in [1.165, 1.54) is 0 Å². The third-order valence-corrected chi connectivity index (χ3v) is 4.45. The molecule has 0 N–H and O–H groups in total. The number of ether oxygens (including phenoxy) is 1. The lowest BCUT2D eigenvalue weighted by Crippen LogP contribution is -2.43. The van der Waals surface area contributed by atoms with E-state index in [1.807, 2.05) is 24.3 Å². The molecule has 2 aromatic carbocycles. The number of benzene rings is 2. The third-order valence-electron chi connectivity index (χ3n) is 4.45. The number of methoxy groups -OCH3 is 1. The minimum atomic E-state index is -1.02. The molecule has 0 radical (unpaired) electrons. The second-order valence-corrected chi connectivity index (χ2v) is 5.75. The van der Waals surface area contributed by atoms with Crippen molar-refractivity contribution in [2.45, 2.75) is 12.8 Å². The second kappa shape index (κ2) is 6.28. The summed E-state index contributed by atoms with van der Waals surface area (Å²) in [6.45, 7) is 0.885. The smallest absolute Gasteiger partial charge is 0.254 e. The van der Waals surface area contributed by atoms with Crippen LogP contribution in [0.5, 0.6) is 5.75 Å². The van der Waals surface area contributed by atoms with Crippen molar-refractivity contribution in [3.05, 3.63) is 42.0 Å². The van der Waals surface area contributed by atoms with Crippen molar-refractivity contribution in [1.29, 1.82) is 0 Å². The van der Waals surface area contributed by atoms with Gasteiger partial charge in [-0.25, -0.2) is 0 Å². The quantitative estimate of drug-likeness (QED) is 0.860. The minimum Gasteiger partial charge on any atom is -0.550 e. The Morgan fingerprint density at radius 1 is 1.09 bits per heavy atom. The third kappa shape index (κ3) is 2.86. The zero-order chi connectivity index (χ0) is 16.4. The van der Waals surface area contributed by atoms with Crippen LogP contribution in [0.3, 0.4) is 0 Å². The number of hydrogen-bond acceptors (Lipinski definition) is 4. The number of carboxylic acid groups (broad SMARTS) is 1. The van der Waals surface area contributed by atoms with E-state index in [0.717, 1.165) is 16.5 Å². The standard InChI is InChI=1S/C18H19NO4/c1-23-16-7-6-15(13-4-2-3-5-14(13)16)17(20)19-10-8-12(9-11-19)18(21)22/h2-7,12H,8-11H2,1H3,(H,21,22)/p-1. The molecular formula is C18H18NO4-. The molecule has 2 aromatic rings. The zero-order valence-corrected chi connectivity index (χ0v) is 13.0. The predicted octanol–water partition coefficient (Wildman–Crippen LogP) is 1.45. The molecule has 0 aromatic heterocycles. The Morgan fingerprint density at radius 3 is 2.35 bits per heavy atom. The number of rotatable bonds is 3. The van der Waals surface area contributed by atoms with Gasteiger partial charge in [0.05, 0.1) is 7.11 Å². The van der Waals surface area contributed by atoms with Crippen molar-refractivity contribution >= 4 is 22.6 Å². The summed E-state index contributed by atoms with van der Waals surface area (Å²) in [6, 6.07) is 11.2. The Morgan fingerprint density at radius 2 is 1.74 bits per heavy atom.